The molecule has 0 spiro atoms. The highest BCUT2D eigenvalue weighted by atomic mass is 32.2. The van der Waals surface area contributed by atoms with Crippen molar-refractivity contribution in [1.29, 1.82) is 0 Å². The maximum atomic E-state index is 4.69. The van der Waals surface area contributed by atoms with Gasteiger partial charge in [-0.2, -0.15) is 9.97 Å². The van der Waals surface area contributed by atoms with E-state index in [9.17, 15) is 0 Å². The zero-order chi connectivity index (χ0) is 20.2. The predicted molar refractivity (Wildman–Crippen MR) is 115 cm³/mol. The molecule has 150 valence electrons. The Morgan fingerprint density at radius 3 is 2.38 bits per heavy atom. The number of aromatic nitrogens is 5. The number of benzene rings is 1. The van der Waals surface area contributed by atoms with Gasteiger partial charge in [-0.25, -0.2) is 15.0 Å². The highest BCUT2D eigenvalue weighted by Gasteiger charge is 2.19. The number of hydrogen-bond acceptors (Lipinski definition) is 8. The van der Waals surface area contributed by atoms with E-state index in [0.29, 0.717) is 10.3 Å². The summed E-state index contributed by atoms with van der Waals surface area (Å²) in [6.07, 6.45) is 4.48. The van der Waals surface area contributed by atoms with E-state index in [-0.39, 0.29) is 0 Å². The van der Waals surface area contributed by atoms with E-state index in [1.54, 1.807) is 0 Å². The summed E-state index contributed by atoms with van der Waals surface area (Å²) in [5.74, 6) is 1.55. The molecule has 4 rings (SSSR count). The summed E-state index contributed by atoms with van der Waals surface area (Å²) >= 11 is 1.38. The molecule has 1 saturated heterocycles. The van der Waals surface area contributed by atoms with Gasteiger partial charge in [-0.1, -0.05) is 36.8 Å². The second-order valence-corrected chi connectivity index (χ2v) is 8.14. The Hall–Kier alpha value is -2.58. The maximum Gasteiger partial charge on any atom is 0.229 e. The van der Waals surface area contributed by atoms with Gasteiger partial charge in [-0.05, 0) is 31.3 Å². The van der Waals surface area contributed by atoms with Crippen molar-refractivity contribution in [3.63, 3.8) is 0 Å². The summed E-state index contributed by atoms with van der Waals surface area (Å²) in [6.45, 7) is 8.02. The normalized spacial score (nSPS) is 14.9. The molecular formula is C21H25N7S. The Kier molecular flexibility index (Phi) is 6.01. The number of hydrogen-bond donors (Lipinski definition) is 0. The van der Waals surface area contributed by atoms with Crippen LogP contribution in [0, 0.1) is 6.92 Å². The minimum atomic E-state index is 0.638. The molecular weight excluding hydrogens is 382 g/mol. The number of aryl methyl sites for hydroxylation is 2. The third-order valence-electron chi connectivity index (χ3n) is 4.91. The molecule has 2 aromatic heterocycles. The molecule has 1 aromatic carbocycles. The Bertz CT molecular complexity index is 969. The first-order valence-electron chi connectivity index (χ1n) is 9.86. The van der Waals surface area contributed by atoms with Crippen molar-refractivity contribution in [2.45, 2.75) is 30.6 Å². The van der Waals surface area contributed by atoms with E-state index in [4.69, 9.17) is 0 Å². The third kappa shape index (κ3) is 4.89. The number of anilines is 1. The Morgan fingerprint density at radius 1 is 0.931 bits per heavy atom. The van der Waals surface area contributed by atoms with Crippen LogP contribution in [0.2, 0.25) is 0 Å². The van der Waals surface area contributed by atoms with Crippen LogP contribution in [0.4, 0.5) is 5.95 Å². The van der Waals surface area contributed by atoms with Crippen LogP contribution in [0.25, 0.3) is 11.1 Å². The van der Waals surface area contributed by atoms with Crippen molar-refractivity contribution in [1.82, 2.24) is 29.8 Å². The lowest BCUT2D eigenvalue weighted by atomic mass is 10.1. The summed E-state index contributed by atoms with van der Waals surface area (Å²) in [7, 11) is 2.14. The highest BCUT2D eigenvalue weighted by molar-refractivity contribution is 7.99. The number of rotatable bonds is 5. The minimum absolute atomic E-state index is 0.638. The van der Waals surface area contributed by atoms with E-state index in [0.717, 1.165) is 55.5 Å². The molecule has 3 heterocycles. The molecule has 0 bridgehead atoms. The Balaban J connectivity index is 1.53. The van der Waals surface area contributed by atoms with Gasteiger partial charge in [0.05, 0.1) is 0 Å². The molecule has 0 radical (unpaired) electrons. The standard InChI is InChI=1S/C21H25N7S/c1-4-18-24-19(28-10-8-27(3)9-11-28)26-21(25-18)29-20-22-13-17(14-23-20)16-7-5-6-15(2)12-16/h5-7,12-14H,4,8-11H2,1-3H3. The molecule has 0 unspecified atom stereocenters. The summed E-state index contributed by atoms with van der Waals surface area (Å²) < 4.78 is 0. The van der Waals surface area contributed by atoms with Crippen LogP contribution in [0.1, 0.15) is 18.3 Å². The molecule has 0 N–H and O–H groups in total. The van der Waals surface area contributed by atoms with Crippen molar-refractivity contribution in [3.8, 4) is 11.1 Å². The van der Waals surface area contributed by atoms with Gasteiger partial charge in [0.15, 0.2) is 5.16 Å². The van der Waals surface area contributed by atoms with Gasteiger partial charge in [0, 0.05) is 50.6 Å². The first kappa shape index (κ1) is 19.7. The first-order chi connectivity index (χ1) is 14.1. The Morgan fingerprint density at radius 2 is 1.69 bits per heavy atom. The average Bonchev–Trinajstić information content (AvgIpc) is 2.74. The van der Waals surface area contributed by atoms with Crippen LogP contribution in [-0.4, -0.2) is 63.0 Å². The first-order valence-corrected chi connectivity index (χ1v) is 10.7. The van der Waals surface area contributed by atoms with Gasteiger partial charge in [0.2, 0.25) is 11.1 Å². The van der Waals surface area contributed by atoms with Gasteiger partial charge >= 0.3 is 0 Å². The van der Waals surface area contributed by atoms with Crippen molar-refractivity contribution in [3.05, 3.63) is 48.0 Å². The third-order valence-corrected chi connectivity index (χ3v) is 5.67. The summed E-state index contributed by atoms with van der Waals surface area (Å²) in [5, 5.41) is 1.29. The monoisotopic (exact) mass is 407 g/mol. The topological polar surface area (TPSA) is 70.9 Å². The van der Waals surface area contributed by atoms with Crippen LogP contribution in [0.3, 0.4) is 0 Å². The van der Waals surface area contributed by atoms with Crippen LogP contribution in [0.15, 0.2) is 47.0 Å². The van der Waals surface area contributed by atoms with Gasteiger partial charge in [0.1, 0.15) is 5.82 Å². The van der Waals surface area contributed by atoms with Crippen LogP contribution >= 0.6 is 11.8 Å². The zero-order valence-electron chi connectivity index (χ0n) is 17.0. The summed E-state index contributed by atoms with van der Waals surface area (Å²) in [5.41, 5.74) is 3.34. The molecule has 7 nitrogen and oxygen atoms in total. The lowest BCUT2D eigenvalue weighted by molar-refractivity contribution is 0.310. The number of nitrogens with zero attached hydrogens (tertiary/aromatic N) is 7. The zero-order valence-corrected chi connectivity index (χ0v) is 17.9. The number of likely N-dealkylation sites (N-methyl/N-ethyl adjacent to an activating group) is 1. The van der Waals surface area contributed by atoms with Crippen LogP contribution in [-0.2, 0) is 6.42 Å². The molecule has 29 heavy (non-hydrogen) atoms. The number of piperazine rings is 1. The summed E-state index contributed by atoms with van der Waals surface area (Å²) in [6, 6.07) is 8.33. The quantitative estimate of drug-likeness (QED) is 0.598. The molecule has 0 amide bonds. The van der Waals surface area contributed by atoms with Crippen molar-refractivity contribution in [2.24, 2.45) is 0 Å². The molecule has 8 heteroatoms. The van der Waals surface area contributed by atoms with Gasteiger partial charge < -0.3 is 9.80 Å². The fourth-order valence-electron chi connectivity index (χ4n) is 3.16. The largest absolute Gasteiger partial charge is 0.338 e. The molecule has 3 aromatic rings. The van der Waals surface area contributed by atoms with Crippen LogP contribution < -0.4 is 4.90 Å². The van der Waals surface area contributed by atoms with E-state index in [2.05, 4.69) is 73.8 Å². The average molecular weight is 408 g/mol. The SMILES string of the molecule is CCc1nc(Sc2ncc(-c3cccc(C)c3)cn2)nc(N2CCN(C)CC2)n1. The smallest absolute Gasteiger partial charge is 0.229 e. The van der Waals surface area contributed by atoms with Crippen LogP contribution in [0.5, 0.6) is 0 Å². The summed E-state index contributed by atoms with van der Waals surface area (Å²) in [4.78, 5) is 27.5. The van der Waals surface area contributed by atoms with Gasteiger partial charge in [0.25, 0.3) is 0 Å². The highest BCUT2D eigenvalue weighted by Crippen LogP contribution is 2.25. The molecule has 0 aliphatic carbocycles. The second kappa shape index (κ2) is 8.84. The lowest BCUT2D eigenvalue weighted by Crippen LogP contribution is -2.45. The molecule has 1 aliphatic rings. The molecule has 1 aliphatic heterocycles. The van der Waals surface area contributed by atoms with E-state index < -0.39 is 0 Å². The van der Waals surface area contributed by atoms with Gasteiger partial charge in [-0.15, -0.1) is 0 Å². The molecule has 0 atom stereocenters. The van der Waals surface area contributed by atoms with E-state index >= 15 is 0 Å². The van der Waals surface area contributed by atoms with Crippen molar-refractivity contribution < 1.29 is 0 Å². The fourth-order valence-corrected chi connectivity index (χ4v) is 3.81. The van der Waals surface area contributed by atoms with E-state index in [1.165, 1.54) is 17.3 Å². The van der Waals surface area contributed by atoms with Crippen molar-refractivity contribution >= 4 is 17.7 Å². The molecule has 1 fully saturated rings. The fraction of sp³-hybridized carbons (Fsp3) is 0.381. The maximum absolute atomic E-state index is 4.69. The minimum Gasteiger partial charge on any atom is -0.338 e. The van der Waals surface area contributed by atoms with E-state index in [1.807, 2.05) is 18.5 Å². The predicted octanol–water partition coefficient (Wildman–Crippen LogP) is 3.10. The second-order valence-electron chi connectivity index (χ2n) is 7.20. The lowest BCUT2D eigenvalue weighted by Gasteiger charge is -2.32. The molecule has 0 saturated carbocycles. The van der Waals surface area contributed by atoms with Gasteiger partial charge in [-0.3, -0.25) is 0 Å². The van der Waals surface area contributed by atoms with Crippen molar-refractivity contribution in [2.75, 3.05) is 38.1 Å². The Labute approximate surface area is 175 Å².